The van der Waals surface area contributed by atoms with E-state index in [0.29, 0.717) is 12.1 Å². The number of benzene rings is 1. The van der Waals surface area contributed by atoms with Gasteiger partial charge in [0, 0.05) is 38.4 Å². The van der Waals surface area contributed by atoms with E-state index in [1.807, 2.05) is 0 Å². The molecule has 1 aromatic rings. The topological polar surface area (TPSA) is 32.5 Å². The van der Waals surface area contributed by atoms with Gasteiger partial charge in [-0.05, 0) is 49.9 Å². The summed E-state index contributed by atoms with van der Waals surface area (Å²) in [6, 6.07) is 9.90. The Balaban J connectivity index is 2.11. The van der Waals surface area contributed by atoms with Crippen LogP contribution < -0.4 is 10.6 Å². The quantitative estimate of drug-likeness (QED) is 0.917. The summed E-state index contributed by atoms with van der Waals surface area (Å²) in [4.78, 5) is 4.73. The third-order valence-corrected chi connectivity index (χ3v) is 4.68. The second kappa shape index (κ2) is 6.59. The minimum atomic E-state index is 0.451. The standard InChI is InChI=1S/C17H29N3/c1-13-9-10-20(17(11-13)12-18)14(2)15-5-7-16(8-6-15)19(3)4/h5-8,13-14,17H,9-12,18H2,1-4H3. The molecule has 1 aliphatic heterocycles. The molecule has 3 nitrogen and oxygen atoms in total. The van der Waals surface area contributed by atoms with Gasteiger partial charge in [-0.3, -0.25) is 4.90 Å². The zero-order chi connectivity index (χ0) is 14.7. The molecule has 20 heavy (non-hydrogen) atoms. The van der Waals surface area contributed by atoms with Crippen LogP contribution in [0.3, 0.4) is 0 Å². The number of hydrogen-bond acceptors (Lipinski definition) is 3. The van der Waals surface area contributed by atoms with Crippen molar-refractivity contribution in [2.24, 2.45) is 11.7 Å². The van der Waals surface area contributed by atoms with Gasteiger partial charge in [0.2, 0.25) is 0 Å². The molecule has 3 atom stereocenters. The average Bonchev–Trinajstić information content (AvgIpc) is 2.46. The largest absolute Gasteiger partial charge is 0.378 e. The van der Waals surface area contributed by atoms with Gasteiger partial charge in [-0.2, -0.15) is 0 Å². The first-order valence-electron chi connectivity index (χ1n) is 7.76. The van der Waals surface area contributed by atoms with E-state index in [-0.39, 0.29) is 0 Å². The third-order valence-electron chi connectivity index (χ3n) is 4.68. The third kappa shape index (κ3) is 3.33. The second-order valence-corrected chi connectivity index (χ2v) is 6.42. The number of rotatable bonds is 4. The molecule has 1 fully saturated rings. The van der Waals surface area contributed by atoms with Crippen molar-refractivity contribution < 1.29 is 0 Å². The Kier molecular flexibility index (Phi) is 5.06. The van der Waals surface area contributed by atoms with Crippen molar-refractivity contribution in [3.05, 3.63) is 29.8 Å². The van der Waals surface area contributed by atoms with Crippen molar-refractivity contribution in [1.82, 2.24) is 4.90 Å². The Morgan fingerprint density at radius 1 is 1.30 bits per heavy atom. The van der Waals surface area contributed by atoms with E-state index in [1.165, 1.54) is 30.6 Å². The van der Waals surface area contributed by atoms with Crippen LogP contribution in [0.5, 0.6) is 0 Å². The van der Waals surface area contributed by atoms with Gasteiger partial charge in [-0.25, -0.2) is 0 Å². The monoisotopic (exact) mass is 275 g/mol. The minimum Gasteiger partial charge on any atom is -0.378 e. The van der Waals surface area contributed by atoms with Crippen LogP contribution in [-0.4, -0.2) is 38.1 Å². The van der Waals surface area contributed by atoms with Crippen molar-refractivity contribution in [1.29, 1.82) is 0 Å². The first-order chi connectivity index (χ1) is 9.52. The lowest BCUT2D eigenvalue weighted by molar-refractivity contribution is 0.0834. The van der Waals surface area contributed by atoms with Crippen LogP contribution in [-0.2, 0) is 0 Å². The molecule has 1 saturated heterocycles. The molecule has 1 heterocycles. The molecule has 0 aliphatic carbocycles. The molecule has 0 aromatic heterocycles. The van der Waals surface area contributed by atoms with Gasteiger partial charge in [0.25, 0.3) is 0 Å². The number of piperidine rings is 1. The second-order valence-electron chi connectivity index (χ2n) is 6.42. The van der Waals surface area contributed by atoms with Gasteiger partial charge in [0.15, 0.2) is 0 Å². The smallest absolute Gasteiger partial charge is 0.0361 e. The highest BCUT2D eigenvalue weighted by atomic mass is 15.2. The van der Waals surface area contributed by atoms with Crippen LogP contribution in [0.15, 0.2) is 24.3 Å². The highest BCUT2D eigenvalue weighted by molar-refractivity contribution is 5.46. The maximum atomic E-state index is 5.99. The molecule has 1 aromatic carbocycles. The maximum Gasteiger partial charge on any atom is 0.0361 e. The van der Waals surface area contributed by atoms with Gasteiger partial charge in [0.05, 0.1) is 0 Å². The number of likely N-dealkylation sites (tertiary alicyclic amines) is 1. The summed E-state index contributed by atoms with van der Waals surface area (Å²) in [5, 5.41) is 0. The van der Waals surface area contributed by atoms with Crippen molar-refractivity contribution in [2.45, 2.75) is 38.8 Å². The van der Waals surface area contributed by atoms with Crippen molar-refractivity contribution in [2.75, 3.05) is 32.1 Å². The Morgan fingerprint density at radius 2 is 1.95 bits per heavy atom. The fraction of sp³-hybridized carbons (Fsp3) is 0.647. The molecule has 112 valence electrons. The summed E-state index contributed by atoms with van der Waals surface area (Å²) < 4.78 is 0. The van der Waals surface area contributed by atoms with Crippen LogP contribution >= 0.6 is 0 Å². The number of nitrogens with two attached hydrogens (primary N) is 1. The number of nitrogens with zero attached hydrogens (tertiary/aromatic N) is 2. The zero-order valence-electron chi connectivity index (χ0n) is 13.3. The molecule has 0 bridgehead atoms. The highest BCUT2D eigenvalue weighted by Crippen LogP contribution is 2.31. The van der Waals surface area contributed by atoms with E-state index in [0.717, 1.165) is 12.5 Å². The van der Waals surface area contributed by atoms with Crippen LogP contribution in [0, 0.1) is 5.92 Å². The normalized spacial score (nSPS) is 25.4. The van der Waals surface area contributed by atoms with Crippen molar-refractivity contribution >= 4 is 5.69 Å². The SMILES string of the molecule is CC1CCN(C(C)c2ccc(N(C)C)cc2)C(CN)C1. The lowest BCUT2D eigenvalue weighted by Gasteiger charge is -2.42. The van der Waals surface area contributed by atoms with E-state index in [4.69, 9.17) is 5.73 Å². The Hall–Kier alpha value is -1.06. The Morgan fingerprint density at radius 3 is 2.50 bits per heavy atom. The van der Waals surface area contributed by atoms with Crippen molar-refractivity contribution in [3.63, 3.8) is 0 Å². The Bertz CT molecular complexity index is 413. The minimum absolute atomic E-state index is 0.451. The van der Waals surface area contributed by atoms with Crippen LogP contribution in [0.25, 0.3) is 0 Å². The molecule has 0 radical (unpaired) electrons. The van der Waals surface area contributed by atoms with Gasteiger partial charge in [-0.15, -0.1) is 0 Å². The predicted octanol–water partition coefficient (Wildman–Crippen LogP) is 2.87. The molecule has 1 aliphatic rings. The van der Waals surface area contributed by atoms with E-state index >= 15 is 0 Å². The van der Waals surface area contributed by atoms with Crippen molar-refractivity contribution in [3.8, 4) is 0 Å². The average molecular weight is 275 g/mol. The number of hydrogen-bond donors (Lipinski definition) is 1. The highest BCUT2D eigenvalue weighted by Gasteiger charge is 2.29. The molecule has 0 amide bonds. The number of anilines is 1. The fourth-order valence-corrected chi connectivity index (χ4v) is 3.25. The summed E-state index contributed by atoms with van der Waals surface area (Å²) in [7, 11) is 4.16. The summed E-state index contributed by atoms with van der Waals surface area (Å²) >= 11 is 0. The predicted molar refractivity (Wildman–Crippen MR) is 87.1 cm³/mol. The molecule has 3 heteroatoms. The first kappa shape index (κ1) is 15.3. The molecular formula is C17H29N3. The van der Waals surface area contributed by atoms with E-state index in [2.05, 4.69) is 62.0 Å². The fourth-order valence-electron chi connectivity index (χ4n) is 3.25. The van der Waals surface area contributed by atoms with Gasteiger partial charge in [0.1, 0.15) is 0 Å². The molecule has 0 spiro atoms. The van der Waals surface area contributed by atoms with Gasteiger partial charge >= 0.3 is 0 Å². The van der Waals surface area contributed by atoms with Crippen LogP contribution in [0.4, 0.5) is 5.69 Å². The summed E-state index contributed by atoms with van der Waals surface area (Å²) in [5.74, 6) is 0.808. The maximum absolute atomic E-state index is 5.99. The van der Waals surface area contributed by atoms with E-state index in [9.17, 15) is 0 Å². The zero-order valence-corrected chi connectivity index (χ0v) is 13.3. The lowest BCUT2D eigenvalue weighted by atomic mass is 9.90. The molecule has 2 rings (SSSR count). The summed E-state index contributed by atoms with van der Waals surface area (Å²) in [6.45, 7) is 6.59. The lowest BCUT2D eigenvalue weighted by Crippen LogP contribution is -2.47. The summed E-state index contributed by atoms with van der Waals surface area (Å²) in [6.07, 6.45) is 2.52. The van der Waals surface area contributed by atoms with E-state index < -0.39 is 0 Å². The molecule has 0 saturated carbocycles. The molecule has 2 N–H and O–H groups in total. The van der Waals surface area contributed by atoms with Gasteiger partial charge in [-0.1, -0.05) is 19.1 Å². The summed E-state index contributed by atoms with van der Waals surface area (Å²) in [5.41, 5.74) is 8.63. The van der Waals surface area contributed by atoms with Crippen LogP contribution in [0.1, 0.15) is 38.3 Å². The van der Waals surface area contributed by atoms with Crippen LogP contribution in [0.2, 0.25) is 0 Å². The first-order valence-corrected chi connectivity index (χ1v) is 7.76. The molecular weight excluding hydrogens is 246 g/mol. The Labute approximate surface area is 123 Å². The van der Waals surface area contributed by atoms with E-state index in [1.54, 1.807) is 0 Å². The van der Waals surface area contributed by atoms with Gasteiger partial charge < -0.3 is 10.6 Å². The molecule has 3 unspecified atom stereocenters.